The SMILES string of the molecule is BrP(Cc1ccc(CN2CCCCC2)cc1)(c1ccccc1)(c1ccccc1)c1ccccc1. The molecule has 4 aromatic carbocycles. The summed E-state index contributed by atoms with van der Waals surface area (Å²) in [5.74, 6) is 0. The first kappa shape index (κ1) is 23.5. The van der Waals surface area contributed by atoms with Crippen molar-refractivity contribution >= 4 is 36.7 Å². The minimum absolute atomic E-state index is 0.938. The van der Waals surface area contributed by atoms with Crippen LogP contribution in [0.3, 0.4) is 0 Å². The van der Waals surface area contributed by atoms with Crippen LogP contribution in [0.25, 0.3) is 0 Å². The number of hydrogen-bond acceptors (Lipinski definition) is 1. The fourth-order valence-electron chi connectivity index (χ4n) is 5.41. The fourth-order valence-corrected chi connectivity index (χ4v) is 13.1. The number of hydrogen-bond donors (Lipinski definition) is 0. The molecule has 0 bridgehead atoms. The summed E-state index contributed by atoms with van der Waals surface area (Å²) in [7, 11) is 0. The number of halogens is 1. The van der Waals surface area contributed by atoms with E-state index in [9.17, 15) is 0 Å². The Hall–Kier alpha value is -2.25. The van der Waals surface area contributed by atoms with E-state index >= 15 is 0 Å². The van der Waals surface area contributed by atoms with Gasteiger partial charge in [-0.1, -0.05) is 0 Å². The molecular weight excluding hydrogens is 497 g/mol. The second-order valence-electron chi connectivity index (χ2n) is 9.50. The molecule has 0 aliphatic carbocycles. The summed E-state index contributed by atoms with van der Waals surface area (Å²) in [6.07, 6.45) is 4.99. The average Bonchev–Trinajstić information content (AvgIpc) is 2.92. The van der Waals surface area contributed by atoms with Crippen LogP contribution in [0.1, 0.15) is 30.4 Å². The molecule has 1 aliphatic rings. The van der Waals surface area contributed by atoms with Gasteiger partial charge >= 0.3 is 213 Å². The number of likely N-dealkylation sites (tertiary alicyclic amines) is 1. The third-order valence-electron chi connectivity index (χ3n) is 7.24. The first-order chi connectivity index (χ1) is 16.7. The second-order valence-corrected chi connectivity index (χ2v) is 18.4. The van der Waals surface area contributed by atoms with Crippen LogP contribution >= 0.6 is 20.8 Å². The van der Waals surface area contributed by atoms with Crippen LogP contribution in [0.5, 0.6) is 0 Å². The molecule has 1 aliphatic heterocycles. The Kier molecular flexibility index (Phi) is 7.02. The third-order valence-corrected chi connectivity index (χ3v) is 16.8. The molecule has 0 N–H and O–H groups in total. The molecule has 0 radical (unpaired) electrons. The summed E-state index contributed by atoms with van der Waals surface area (Å²) in [4.78, 5) is 2.60. The van der Waals surface area contributed by atoms with E-state index in [0.29, 0.717) is 0 Å². The number of nitrogens with zero attached hydrogens (tertiary/aromatic N) is 1. The Balaban J connectivity index is 1.59. The molecule has 1 nitrogen and oxygen atoms in total. The van der Waals surface area contributed by atoms with Crippen LogP contribution in [0, 0.1) is 0 Å². The van der Waals surface area contributed by atoms with E-state index in [1.54, 1.807) is 0 Å². The Bertz CT molecular complexity index is 1090. The Labute approximate surface area is 212 Å². The van der Waals surface area contributed by atoms with Crippen molar-refractivity contribution in [3.63, 3.8) is 0 Å². The number of piperidine rings is 1. The van der Waals surface area contributed by atoms with Gasteiger partial charge < -0.3 is 0 Å². The van der Waals surface area contributed by atoms with E-state index in [0.717, 1.165) is 12.7 Å². The van der Waals surface area contributed by atoms with Crippen LogP contribution in [-0.2, 0) is 12.7 Å². The van der Waals surface area contributed by atoms with Gasteiger partial charge in [-0.15, -0.1) is 0 Å². The summed E-state index contributed by atoms with van der Waals surface area (Å²) in [6, 6.07) is 42.6. The van der Waals surface area contributed by atoms with Crippen molar-refractivity contribution in [1.29, 1.82) is 0 Å². The molecule has 1 heterocycles. The first-order valence-electron chi connectivity index (χ1n) is 12.4. The van der Waals surface area contributed by atoms with Gasteiger partial charge in [-0.25, -0.2) is 0 Å². The average molecular weight is 530 g/mol. The first-order valence-corrected chi connectivity index (χ1v) is 16.8. The molecule has 0 amide bonds. The maximum atomic E-state index is 4.57. The summed E-state index contributed by atoms with van der Waals surface area (Å²) in [5, 5.41) is 1.15. The molecule has 1 fully saturated rings. The zero-order chi connectivity index (χ0) is 23.3. The van der Waals surface area contributed by atoms with E-state index in [-0.39, 0.29) is 0 Å². The summed E-state index contributed by atoms with van der Waals surface area (Å²) in [6.45, 7) is 3.53. The predicted octanol–water partition coefficient (Wildman–Crippen LogP) is 7.01. The van der Waals surface area contributed by atoms with Gasteiger partial charge in [0.25, 0.3) is 0 Å². The van der Waals surface area contributed by atoms with Crippen molar-refractivity contribution < 1.29 is 0 Å². The van der Waals surface area contributed by atoms with Crippen molar-refractivity contribution in [3.8, 4) is 0 Å². The van der Waals surface area contributed by atoms with E-state index in [4.69, 9.17) is 0 Å². The van der Waals surface area contributed by atoms with Gasteiger partial charge in [0.2, 0.25) is 0 Å². The topological polar surface area (TPSA) is 3.24 Å². The quantitative estimate of drug-likeness (QED) is 0.232. The van der Waals surface area contributed by atoms with Crippen LogP contribution in [0.15, 0.2) is 115 Å². The second kappa shape index (κ2) is 10.2. The fraction of sp³-hybridized carbons (Fsp3) is 0.226. The van der Waals surface area contributed by atoms with Gasteiger partial charge in [0.05, 0.1) is 0 Å². The molecule has 0 unspecified atom stereocenters. The van der Waals surface area contributed by atoms with Gasteiger partial charge in [0.15, 0.2) is 0 Å². The zero-order valence-corrected chi connectivity index (χ0v) is 22.2. The molecule has 0 saturated carbocycles. The third kappa shape index (κ3) is 4.52. The van der Waals surface area contributed by atoms with Crippen molar-refractivity contribution in [2.24, 2.45) is 0 Å². The molecule has 0 aromatic heterocycles. The van der Waals surface area contributed by atoms with Gasteiger partial charge in [-0.2, -0.15) is 0 Å². The van der Waals surface area contributed by atoms with Gasteiger partial charge in [0.1, 0.15) is 0 Å². The van der Waals surface area contributed by atoms with E-state index in [1.165, 1.54) is 59.4 Å². The van der Waals surface area contributed by atoms with Gasteiger partial charge in [-0.05, 0) is 0 Å². The zero-order valence-electron chi connectivity index (χ0n) is 19.7. The van der Waals surface area contributed by atoms with Crippen LogP contribution < -0.4 is 15.9 Å². The van der Waals surface area contributed by atoms with Gasteiger partial charge in [0, 0.05) is 0 Å². The van der Waals surface area contributed by atoms with E-state index in [2.05, 4.69) is 136 Å². The number of rotatable bonds is 7. The van der Waals surface area contributed by atoms with Crippen molar-refractivity contribution in [1.82, 2.24) is 4.90 Å². The molecule has 1 saturated heterocycles. The molecule has 4 aromatic rings. The Morgan fingerprint density at radius 3 is 1.38 bits per heavy atom. The molecule has 0 spiro atoms. The summed E-state index contributed by atoms with van der Waals surface area (Å²) >= 11 is 4.57. The van der Waals surface area contributed by atoms with Crippen LogP contribution in [0.4, 0.5) is 0 Å². The van der Waals surface area contributed by atoms with E-state index < -0.39 is 5.31 Å². The predicted molar refractivity (Wildman–Crippen MR) is 153 cm³/mol. The Morgan fingerprint density at radius 1 is 0.529 bits per heavy atom. The summed E-state index contributed by atoms with van der Waals surface area (Å²) in [5.41, 5.74) is 2.79. The minimum atomic E-state index is -2.94. The van der Waals surface area contributed by atoms with Crippen molar-refractivity contribution in [3.05, 3.63) is 126 Å². The Morgan fingerprint density at radius 2 is 0.941 bits per heavy atom. The van der Waals surface area contributed by atoms with Crippen LogP contribution in [0.2, 0.25) is 0 Å². The molecular formula is C31H33BrNP. The molecule has 174 valence electrons. The monoisotopic (exact) mass is 529 g/mol. The van der Waals surface area contributed by atoms with E-state index in [1.807, 2.05) is 0 Å². The van der Waals surface area contributed by atoms with Crippen molar-refractivity contribution in [2.75, 3.05) is 13.1 Å². The standard InChI is InChI=1S/C31H33BrNP/c32-34(29-13-5-1-6-14-29,30-15-7-2-8-16-30,31-17-9-3-10-18-31)26-28-21-19-27(20-22-28)25-33-23-11-4-12-24-33/h1-3,5-10,13-22H,4,11-12,23-26H2. The number of benzene rings is 4. The molecule has 34 heavy (non-hydrogen) atoms. The maximum absolute atomic E-state index is 4.57. The van der Waals surface area contributed by atoms with Crippen LogP contribution in [-0.4, -0.2) is 18.0 Å². The van der Waals surface area contributed by atoms with Crippen molar-refractivity contribution in [2.45, 2.75) is 32.0 Å². The normalized spacial score (nSPS) is 16.0. The molecule has 3 heteroatoms. The van der Waals surface area contributed by atoms with Gasteiger partial charge in [-0.3, -0.25) is 0 Å². The molecule has 0 atom stereocenters. The molecule has 5 rings (SSSR count). The summed E-state index contributed by atoms with van der Waals surface area (Å²) < 4.78 is 0.